The van der Waals surface area contributed by atoms with Gasteiger partial charge in [0.1, 0.15) is 0 Å². The Morgan fingerprint density at radius 2 is 2.12 bits per heavy atom. The van der Waals surface area contributed by atoms with Crippen LogP contribution in [0.15, 0.2) is 18.2 Å². The zero-order valence-electron chi connectivity index (χ0n) is 9.90. The van der Waals surface area contributed by atoms with Crippen LogP contribution in [0.5, 0.6) is 0 Å². The second kappa shape index (κ2) is 5.67. The highest BCUT2D eigenvalue weighted by Gasteiger charge is 2.13. The maximum atomic E-state index is 11.8. The van der Waals surface area contributed by atoms with Gasteiger partial charge in [0, 0.05) is 40.2 Å². The van der Waals surface area contributed by atoms with Gasteiger partial charge in [0.05, 0.1) is 5.56 Å². The Bertz CT molecular complexity index is 448. The monoisotopic (exact) mass is 255 g/mol. The molecule has 1 amide bonds. The van der Waals surface area contributed by atoms with Gasteiger partial charge in [0.2, 0.25) is 0 Å². The van der Waals surface area contributed by atoms with Crippen molar-refractivity contribution in [2.45, 2.75) is 13.0 Å². The second-order valence-electron chi connectivity index (χ2n) is 3.96. The van der Waals surface area contributed by atoms with E-state index >= 15 is 0 Å². The molecule has 1 aromatic carbocycles. The Labute approximate surface area is 103 Å². The number of carbonyl (C=O) groups is 1. The number of hydrogen-bond donors (Lipinski definition) is 3. The third-order valence-electron chi connectivity index (χ3n) is 2.18. The molecule has 2 unspecified atom stereocenters. The van der Waals surface area contributed by atoms with Gasteiger partial charge >= 0.3 is 0 Å². The molecule has 5 nitrogen and oxygen atoms in total. The van der Waals surface area contributed by atoms with E-state index in [-0.39, 0.29) is 11.9 Å². The molecule has 6 heteroatoms. The van der Waals surface area contributed by atoms with Crippen LogP contribution in [0.4, 0.5) is 11.4 Å². The minimum Gasteiger partial charge on any atom is -0.399 e. The Morgan fingerprint density at radius 1 is 1.47 bits per heavy atom. The molecule has 0 bridgehead atoms. The fourth-order valence-electron chi connectivity index (χ4n) is 1.48. The first kappa shape index (κ1) is 13.5. The number of nitrogens with one attached hydrogen (secondary N) is 1. The zero-order chi connectivity index (χ0) is 13.0. The minimum absolute atomic E-state index is 0.162. The van der Waals surface area contributed by atoms with Gasteiger partial charge in [-0.3, -0.25) is 9.00 Å². The average Bonchev–Trinajstić information content (AvgIpc) is 2.15. The highest BCUT2D eigenvalue weighted by Crippen LogP contribution is 2.15. The van der Waals surface area contributed by atoms with Crippen molar-refractivity contribution in [3.63, 3.8) is 0 Å². The van der Waals surface area contributed by atoms with E-state index in [4.69, 9.17) is 11.5 Å². The number of amides is 1. The number of hydrogen-bond acceptors (Lipinski definition) is 4. The van der Waals surface area contributed by atoms with Gasteiger partial charge < -0.3 is 16.8 Å². The molecule has 0 aliphatic carbocycles. The van der Waals surface area contributed by atoms with Crippen LogP contribution in [0.2, 0.25) is 0 Å². The summed E-state index contributed by atoms with van der Waals surface area (Å²) in [5.74, 6) is 0.140. The molecule has 0 radical (unpaired) electrons. The van der Waals surface area contributed by atoms with E-state index in [0.717, 1.165) is 0 Å². The summed E-state index contributed by atoms with van der Waals surface area (Å²) in [4.78, 5) is 11.8. The maximum Gasteiger partial charge on any atom is 0.253 e. The average molecular weight is 255 g/mol. The van der Waals surface area contributed by atoms with Gasteiger partial charge in [0.15, 0.2) is 0 Å². The highest BCUT2D eigenvalue weighted by molar-refractivity contribution is 7.84. The number of benzene rings is 1. The van der Waals surface area contributed by atoms with Crippen molar-refractivity contribution in [1.29, 1.82) is 0 Å². The molecule has 17 heavy (non-hydrogen) atoms. The SMILES string of the molecule is CC(CS(C)=O)NC(=O)c1ccc(N)cc1N. The number of anilines is 2. The summed E-state index contributed by atoms with van der Waals surface area (Å²) in [6.07, 6.45) is 1.60. The lowest BCUT2D eigenvalue weighted by Crippen LogP contribution is -2.36. The molecular formula is C11H17N3O2S. The van der Waals surface area contributed by atoms with Crippen LogP contribution in [0.25, 0.3) is 0 Å². The van der Waals surface area contributed by atoms with Crippen LogP contribution in [0.3, 0.4) is 0 Å². The van der Waals surface area contributed by atoms with E-state index in [1.54, 1.807) is 25.3 Å². The number of carbonyl (C=O) groups excluding carboxylic acids is 1. The van der Waals surface area contributed by atoms with Crippen LogP contribution < -0.4 is 16.8 Å². The van der Waals surface area contributed by atoms with E-state index in [1.165, 1.54) is 6.07 Å². The normalized spacial score (nSPS) is 14.0. The number of nitrogens with two attached hydrogens (primary N) is 2. The molecule has 0 aliphatic rings. The van der Waals surface area contributed by atoms with E-state index in [0.29, 0.717) is 22.7 Å². The molecule has 1 rings (SSSR count). The van der Waals surface area contributed by atoms with Crippen molar-refractivity contribution in [1.82, 2.24) is 5.32 Å². The van der Waals surface area contributed by atoms with Crippen molar-refractivity contribution in [2.75, 3.05) is 23.5 Å². The van der Waals surface area contributed by atoms with Gasteiger partial charge in [-0.05, 0) is 25.1 Å². The van der Waals surface area contributed by atoms with E-state index in [2.05, 4.69) is 5.32 Å². The van der Waals surface area contributed by atoms with E-state index < -0.39 is 10.8 Å². The highest BCUT2D eigenvalue weighted by atomic mass is 32.2. The summed E-state index contributed by atoms with van der Waals surface area (Å²) >= 11 is 0. The topological polar surface area (TPSA) is 98.2 Å². The third-order valence-corrected chi connectivity index (χ3v) is 3.15. The van der Waals surface area contributed by atoms with Crippen LogP contribution in [0, 0.1) is 0 Å². The molecule has 0 fully saturated rings. The molecule has 0 aliphatic heterocycles. The molecule has 0 saturated heterocycles. The summed E-state index contributed by atoms with van der Waals surface area (Å²) < 4.78 is 11.0. The van der Waals surface area contributed by atoms with Crippen molar-refractivity contribution in [3.05, 3.63) is 23.8 Å². The molecular weight excluding hydrogens is 238 g/mol. The van der Waals surface area contributed by atoms with Crippen molar-refractivity contribution >= 4 is 28.1 Å². The van der Waals surface area contributed by atoms with Crippen LogP contribution in [-0.2, 0) is 10.8 Å². The van der Waals surface area contributed by atoms with Crippen molar-refractivity contribution < 1.29 is 9.00 Å². The molecule has 1 aromatic rings. The maximum absolute atomic E-state index is 11.8. The van der Waals surface area contributed by atoms with Gasteiger partial charge in [-0.1, -0.05) is 0 Å². The summed E-state index contributed by atoms with van der Waals surface area (Å²) in [5, 5.41) is 2.73. The quantitative estimate of drug-likeness (QED) is 0.676. The molecule has 0 heterocycles. The predicted molar refractivity (Wildman–Crippen MR) is 71.1 cm³/mol. The largest absolute Gasteiger partial charge is 0.399 e. The molecule has 94 valence electrons. The van der Waals surface area contributed by atoms with Crippen LogP contribution in [-0.4, -0.2) is 28.2 Å². The summed E-state index contributed by atoms with van der Waals surface area (Å²) in [6, 6.07) is 4.58. The lowest BCUT2D eigenvalue weighted by atomic mass is 10.1. The molecule has 0 aromatic heterocycles. The Balaban J connectivity index is 2.73. The van der Waals surface area contributed by atoms with Gasteiger partial charge in [-0.15, -0.1) is 0 Å². The first-order valence-electron chi connectivity index (χ1n) is 5.16. The molecule has 5 N–H and O–H groups in total. The summed E-state index contributed by atoms with van der Waals surface area (Å²) in [6.45, 7) is 1.80. The van der Waals surface area contributed by atoms with E-state index in [1.807, 2.05) is 0 Å². The minimum atomic E-state index is -0.943. The van der Waals surface area contributed by atoms with Crippen molar-refractivity contribution in [3.8, 4) is 0 Å². The predicted octanol–water partition coefficient (Wildman–Crippen LogP) is 0.348. The Kier molecular flexibility index (Phi) is 4.51. The molecule has 2 atom stereocenters. The fourth-order valence-corrected chi connectivity index (χ4v) is 2.27. The van der Waals surface area contributed by atoms with Gasteiger partial charge in [-0.2, -0.15) is 0 Å². The second-order valence-corrected chi connectivity index (χ2v) is 5.44. The Morgan fingerprint density at radius 3 is 2.65 bits per heavy atom. The van der Waals surface area contributed by atoms with Gasteiger partial charge in [0.25, 0.3) is 5.91 Å². The fraction of sp³-hybridized carbons (Fsp3) is 0.364. The third kappa shape index (κ3) is 4.07. The lowest BCUT2D eigenvalue weighted by molar-refractivity contribution is 0.0944. The van der Waals surface area contributed by atoms with Crippen molar-refractivity contribution in [2.24, 2.45) is 0 Å². The van der Waals surface area contributed by atoms with Crippen LogP contribution >= 0.6 is 0 Å². The Hall–Kier alpha value is -1.56. The smallest absolute Gasteiger partial charge is 0.253 e. The number of nitrogen functional groups attached to an aromatic ring is 2. The molecule has 0 spiro atoms. The molecule has 0 saturated carbocycles. The first-order chi connectivity index (χ1) is 7.90. The zero-order valence-corrected chi connectivity index (χ0v) is 10.7. The summed E-state index contributed by atoms with van der Waals surface area (Å²) in [5.41, 5.74) is 12.5. The standard InChI is InChI=1S/C11H17N3O2S/c1-7(6-17(2)16)14-11(15)9-4-3-8(12)5-10(9)13/h3-5,7H,6,12-13H2,1-2H3,(H,14,15). The van der Waals surface area contributed by atoms with Gasteiger partial charge in [-0.25, -0.2) is 0 Å². The number of rotatable bonds is 4. The lowest BCUT2D eigenvalue weighted by Gasteiger charge is -2.13. The van der Waals surface area contributed by atoms with E-state index in [9.17, 15) is 9.00 Å². The van der Waals surface area contributed by atoms with Crippen LogP contribution in [0.1, 0.15) is 17.3 Å². The summed E-state index contributed by atoms with van der Waals surface area (Å²) in [7, 11) is -0.943. The first-order valence-corrected chi connectivity index (χ1v) is 6.88.